The van der Waals surface area contributed by atoms with Crippen LogP contribution in [0, 0.1) is 6.92 Å². The normalized spacial score (nSPS) is 15.4. The van der Waals surface area contributed by atoms with Crippen LogP contribution in [-0.2, 0) is 29.5 Å². The number of sulfonamides is 1. The van der Waals surface area contributed by atoms with Crippen molar-refractivity contribution in [3.05, 3.63) is 51.4 Å². The summed E-state index contributed by atoms with van der Waals surface area (Å²) in [5.41, 5.74) is 2.35. The van der Waals surface area contributed by atoms with E-state index in [0.29, 0.717) is 37.3 Å². The first-order chi connectivity index (χ1) is 11.4. The summed E-state index contributed by atoms with van der Waals surface area (Å²) in [4.78, 5) is 12.6. The Hall–Kier alpha value is -1.90. The molecule has 24 heavy (non-hydrogen) atoms. The number of H-pyrrole nitrogens is 1. The number of aromatic amines is 1. The van der Waals surface area contributed by atoms with Crippen molar-refractivity contribution < 1.29 is 8.42 Å². The predicted molar refractivity (Wildman–Crippen MR) is 91.5 cm³/mol. The van der Waals surface area contributed by atoms with Gasteiger partial charge in [-0.3, -0.25) is 14.6 Å². The van der Waals surface area contributed by atoms with Gasteiger partial charge in [0.2, 0.25) is 10.0 Å². The molecule has 0 bridgehead atoms. The fourth-order valence-electron chi connectivity index (χ4n) is 2.90. The van der Waals surface area contributed by atoms with E-state index in [2.05, 4.69) is 10.4 Å². The molecule has 2 heterocycles. The highest BCUT2D eigenvalue weighted by Gasteiger charge is 2.31. The molecule has 7 nitrogen and oxygen atoms in total. The number of hydrogen-bond donors (Lipinski definition) is 2. The number of nitrogens with zero attached hydrogens (tertiary/aromatic N) is 2. The lowest BCUT2D eigenvalue weighted by atomic mass is 10.1. The Balaban J connectivity index is 1.87. The molecule has 2 aromatic rings. The van der Waals surface area contributed by atoms with E-state index in [1.54, 1.807) is 28.9 Å². The first-order valence-corrected chi connectivity index (χ1v) is 9.39. The Bertz CT molecular complexity index is 881. The Kier molecular flexibility index (Phi) is 4.62. The topological polar surface area (TPSA) is 87.2 Å². The van der Waals surface area contributed by atoms with Crippen LogP contribution in [0.4, 0.5) is 0 Å². The maximum Gasteiger partial charge on any atom is 0.270 e. The Morgan fingerprint density at radius 1 is 1.25 bits per heavy atom. The van der Waals surface area contributed by atoms with Crippen molar-refractivity contribution in [1.29, 1.82) is 0 Å². The third-order valence-electron chi connectivity index (χ3n) is 4.33. The molecule has 0 atom stereocenters. The minimum Gasteiger partial charge on any atom is -0.318 e. The third kappa shape index (κ3) is 3.04. The van der Waals surface area contributed by atoms with Crippen LogP contribution >= 0.6 is 0 Å². The van der Waals surface area contributed by atoms with Crippen molar-refractivity contribution in [2.45, 2.75) is 31.3 Å². The summed E-state index contributed by atoms with van der Waals surface area (Å²) in [6, 6.07) is 6.83. The van der Waals surface area contributed by atoms with E-state index in [0.717, 1.165) is 5.56 Å². The second-order valence-electron chi connectivity index (χ2n) is 6.03. The molecule has 0 fully saturated rings. The average Bonchev–Trinajstić information content (AvgIpc) is 2.89. The number of aryl methyl sites for hydroxylation is 1. The second kappa shape index (κ2) is 6.54. The van der Waals surface area contributed by atoms with Gasteiger partial charge in [-0.1, -0.05) is 17.7 Å². The number of fused-ring (bicyclic) bond motifs is 1. The van der Waals surface area contributed by atoms with Crippen LogP contribution in [0.2, 0.25) is 0 Å². The SMILES string of the molecule is CNCCn1[nH]c2c(c1=O)CCN(S(=O)(=O)c1ccc(C)cc1)C2. The molecule has 2 N–H and O–H groups in total. The van der Waals surface area contributed by atoms with E-state index in [9.17, 15) is 13.2 Å². The van der Waals surface area contributed by atoms with Crippen LogP contribution in [0.5, 0.6) is 0 Å². The smallest absolute Gasteiger partial charge is 0.270 e. The van der Waals surface area contributed by atoms with Gasteiger partial charge in [0.05, 0.1) is 23.7 Å². The first-order valence-electron chi connectivity index (χ1n) is 7.95. The minimum absolute atomic E-state index is 0.0485. The van der Waals surface area contributed by atoms with Gasteiger partial charge in [-0.15, -0.1) is 0 Å². The van der Waals surface area contributed by atoms with Crippen LogP contribution in [0.1, 0.15) is 16.8 Å². The van der Waals surface area contributed by atoms with Crippen molar-refractivity contribution in [1.82, 2.24) is 19.4 Å². The van der Waals surface area contributed by atoms with Crippen LogP contribution in [0.15, 0.2) is 34.0 Å². The highest BCUT2D eigenvalue weighted by atomic mass is 32.2. The maximum absolute atomic E-state index is 12.8. The molecule has 1 aliphatic rings. The van der Waals surface area contributed by atoms with Gasteiger partial charge in [-0.25, -0.2) is 8.42 Å². The van der Waals surface area contributed by atoms with Gasteiger partial charge < -0.3 is 5.32 Å². The highest BCUT2D eigenvalue weighted by Crippen LogP contribution is 2.22. The van der Waals surface area contributed by atoms with E-state index in [-0.39, 0.29) is 17.0 Å². The largest absolute Gasteiger partial charge is 0.318 e. The lowest BCUT2D eigenvalue weighted by molar-refractivity contribution is 0.385. The van der Waals surface area contributed by atoms with Crippen molar-refractivity contribution in [3.8, 4) is 0 Å². The van der Waals surface area contributed by atoms with E-state index < -0.39 is 10.0 Å². The third-order valence-corrected chi connectivity index (χ3v) is 6.19. The second-order valence-corrected chi connectivity index (χ2v) is 7.97. The molecule has 0 unspecified atom stereocenters. The molecular weight excluding hydrogens is 328 g/mol. The van der Waals surface area contributed by atoms with Crippen molar-refractivity contribution in [2.75, 3.05) is 20.1 Å². The lowest BCUT2D eigenvalue weighted by Crippen LogP contribution is -2.37. The molecule has 0 saturated carbocycles. The van der Waals surface area contributed by atoms with Crippen LogP contribution in [0.25, 0.3) is 0 Å². The van der Waals surface area contributed by atoms with Crippen molar-refractivity contribution in [3.63, 3.8) is 0 Å². The van der Waals surface area contributed by atoms with Crippen molar-refractivity contribution >= 4 is 10.0 Å². The summed E-state index contributed by atoms with van der Waals surface area (Å²) in [6.07, 6.45) is 0.433. The van der Waals surface area contributed by atoms with E-state index >= 15 is 0 Å². The zero-order chi connectivity index (χ0) is 17.3. The minimum atomic E-state index is -3.55. The predicted octanol–water partition coefficient (Wildman–Crippen LogP) is 0.451. The lowest BCUT2D eigenvalue weighted by Gasteiger charge is -2.25. The quantitative estimate of drug-likeness (QED) is 0.820. The van der Waals surface area contributed by atoms with Crippen molar-refractivity contribution in [2.24, 2.45) is 0 Å². The number of nitrogens with one attached hydrogen (secondary N) is 2. The summed E-state index contributed by atoms with van der Waals surface area (Å²) >= 11 is 0. The van der Waals surface area contributed by atoms with E-state index in [4.69, 9.17) is 0 Å². The van der Waals surface area contributed by atoms with E-state index in [1.165, 1.54) is 4.31 Å². The molecule has 1 aromatic carbocycles. The highest BCUT2D eigenvalue weighted by molar-refractivity contribution is 7.89. The molecule has 1 aromatic heterocycles. The summed E-state index contributed by atoms with van der Waals surface area (Å²) < 4.78 is 28.6. The number of likely N-dealkylation sites (N-methyl/N-ethyl adjacent to an activating group) is 1. The molecule has 0 radical (unpaired) electrons. The molecule has 1 aliphatic heterocycles. The van der Waals surface area contributed by atoms with Gasteiger partial charge in [0.15, 0.2) is 0 Å². The van der Waals surface area contributed by atoms with Gasteiger partial charge >= 0.3 is 0 Å². The molecule has 0 spiro atoms. The van der Waals surface area contributed by atoms with Crippen LogP contribution in [-0.4, -0.2) is 42.6 Å². The van der Waals surface area contributed by atoms with Gasteiger partial charge in [0.25, 0.3) is 5.56 Å². The van der Waals surface area contributed by atoms with Gasteiger partial charge in [-0.2, -0.15) is 4.31 Å². The molecule has 3 rings (SSSR count). The fourth-order valence-corrected chi connectivity index (χ4v) is 4.31. The van der Waals surface area contributed by atoms with E-state index in [1.807, 2.05) is 14.0 Å². The Labute approximate surface area is 141 Å². The maximum atomic E-state index is 12.8. The Morgan fingerprint density at radius 3 is 2.62 bits per heavy atom. The standard InChI is InChI=1S/C16H22N4O3S/c1-12-3-5-13(6-4-12)24(22,23)19-9-7-14-15(11-19)18-20(16(14)21)10-8-17-2/h3-6,17-18H,7-11H2,1-2H3. The summed E-state index contributed by atoms with van der Waals surface area (Å²) in [5, 5.41) is 6.05. The monoisotopic (exact) mass is 350 g/mol. The summed E-state index contributed by atoms with van der Waals surface area (Å²) in [7, 11) is -1.73. The van der Waals surface area contributed by atoms with Crippen LogP contribution < -0.4 is 10.9 Å². The number of rotatable bonds is 5. The van der Waals surface area contributed by atoms with Gasteiger partial charge in [-0.05, 0) is 32.5 Å². The molecule has 130 valence electrons. The number of aromatic nitrogens is 2. The molecule has 0 aliphatic carbocycles. The van der Waals surface area contributed by atoms with Gasteiger partial charge in [0, 0.05) is 18.7 Å². The fraction of sp³-hybridized carbons (Fsp3) is 0.438. The molecule has 0 saturated heterocycles. The number of hydrogen-bond acceptors (Lipinski definition) is 4. The number of benzene rings is 1. The zero-order valence-corrected chi connectivity index (χ0v) is 14.7. The summed E-state index contributed by atoms with van der Waals surface area (Å²) in [6.45, 7) is 3.65. The summed E-state index contributed by atoms with van der Waals surface area (Å²) in [5.74, 6) is 0. The molecule has 0 amide bonds. The van der Waals surface area contributed by atoms with Crippen LogP contribution in [0.3, 0.4) is 0 Å². The molecular formula is C16H22N4O3S. The zero-order valence-electron chi connectivity index (χ0n) is 13.9. The van der Waals surface area contributed by atoms with Gasteiger partial charge in [0.1, 0.15) is 0 Å². The Morgan fingerprint density at radius 2 is 1.96 bits per heavy atom. The average molecular weight is 350 g/mol. The molecule has 8 heteroatoms. The first kappa shape index (κ1) is 16.9.